The van der Waals surface area contributed by atoms with Crippen LogP contribution < -0.4 is 20.7 Å². The highest BCUT2D eigenvalue weighted by Gasteiger charge is 2.04. The molecule has 0 spiro atoms. The van der Waals surface area contributed by atoms with Crippen LogP contribution in [0.4, 0.5) is 11.4 Å². The molecule has 0 aliphatic carbocycles. The Morgan fingerprint density at radius 2 is 1.70 bits per heavy atom. The average molecular weight is 369 g/mol. The van der Waals surface area contributed by atoms with E-state index in [9.17, 15) is 9.59 Å². The third-order valence-electron chi connectivity index (χ3n) is 3.71. The van der Waals surface area contributed by atoms with E-state index < -0.39 is 0 Å². The molecular formula is C21H27N3O3. The Hall–Kier alpha value is -3.02. The number of hydrogen-bond donors (Lipinski definition) is 3. The van der Waals surface area contributed by atoms with Gasteiger partial charge in [0, 0.05) is 24.3 Å². The number of amides is 2. The topological polar surface area (TPSA) is 79.5 Å². The molecule has 0 aromatic heterocycles. The summed E-state index contributed by atoms with van der Waals surface area (Å²) in [5, 5.41) is 8.73. The van der Waals surface area contributed by atoms with Crippen LogP contribution in [0.15, 0.2) is 48.5 Å². The second kappa shape index (κ2) is 10.2. The van der Waals surface area contributed by atoms with Gasteiger partial charge in [0.05, 0.1) is 12.6 Å². The number of carbonyl (C=O) groups is 2. The van der Waals surface area contributed by atoms with Gasteiger partial charge >= 0.3 is 0 Å². The van der Waals surface area contributed by atoms with Gasteiger partial charge in [0.1, 0.15) is 5.75 Å². The Balaban J connectivity index is 1.77. The van der Waals surface area contributed by atoms with Crippen molar-refractivity contribution in [1.82, 2.24) is 5.32 Å². The summed E-state index contributed by atoms with van der Waals surface area (Å²) in [6, 6.07) is 15.0. The second-order valence-electron chi connectivity index (χ2n) is 6.42. The maximum Gasteiger partial charge on any atom is 0.239 e. The summed E-state index contributed by atoms with van der Waals surface area (Å²) in [5.74, 6) is 0.659. The fourth-order valence-corrected chi connectivity index (χ4v) is 2.36. The number of hydrogen-bond acceptors (Lipinski definition) is 4. The van der Waals surface area contributed by atoms with E-state index in [0.717, 1.165) is 17.0 Å². The molecule has 0 bridgehead atoms. The standard InChI is InChI=1S/C21H27N3O3/c1-4-20(25)24-18-7-5-6-17(12-18)22-14-21(26)23-13-16-8-10-19(11-9-16)27-15(2)3/h5-12,15,22H,4,13-14H2,1-3H3,(H,23,26)(H,24,25). The number of benzene rings is 2. The van der Waals surface area contributed by atoms with Crippen molar-refractivity contribution in [2.45, 2.75) is 39.8 Å². The first-order valence-electron chi connectivity index (χ1n) is 9.12. The van der Waals surface area contributed by atoms with E-state index in [1.165, 1.54) is 0 Å². The van der Waals surface area contributed by atoms with Crippen molar-refractivity contribution in [2.75, 3.05) is 17.2 Å². The largest absolute Gasteiger partial charge is 0.491 e. The van der Waals surface area contributed by atoms with Crippen LogP contribution in [-0.4, -0.2) is 24.5 Å². The summed E-state index contributed by atoms with van der Waals surface area (Å²) in [6.07, 6.45) is 0.556. The molecule has 2 aromatic carbocycles. The van der Waals surface area contributed by atoms with Crippen molar-refractivity contribution in [2.24, 2.45) is 0 Å². The van der Waals surface area contributed by atoms with Gasteiger partial charge in [-0.25, -0.2) is 0 Å². The predicted octanol–water partition coefficient (Wildman–Crippen LogP) is 3.55. The van der Waals surface area contributed by atoms with Gasteiger partial charge in [-0.3, -0.25) is 9.59 Å². The number of anilines is 2. The third-order valence-corrected chi connectivity index (χ3v) is 3.71. The van der Waals surface area contributed by atoms with Gasteiger partial charge in [-0.05, 0) is 49.7 Å². The van der Waals surface area contributed by atoms with Crippen LogP contribution in [0, 0.1) is 0 Å². The van der Waals surface area contributed by atoms with Crippen LogP contribution in [0.25, 0.3) is 0 Å². The molecule has 0 radical (unpaired) electrons. The predicted molar refractivity (Wildman–Crippen MR) is 108 cm³/mol. The Kier molecular flexibility index (Phi) is 7.67. The Morgan fingerprint density at radius 3 is 2.37 bits per heavy atom. The van der Waals surface area contributed by atoms with Crippen LogP contribution in [0.5, 0.6) is 5.75 Å². The smallest absolute Gasteiger partial charge is 0.239 e. The molecule has 27 heavy (non-hydrogen) atoms. The molecule has 0 saturated carbocycles. The Morgan fingerprint density at radius 1 is 1.00 bits per heavy atom. The van der Waals surface area contributed by atoms with E-state index >= 15 is 0 Å². The number of ether oxygens (including phenoxy) is 1. The second-order valence-corrected chi connectivity index (χ2v) is 6.42. The minimum absolute atomic E-state index is 0.0466. The van der Waals surface area contributed by atoms with Gasteiger partial charge in [0.2, 0.25) is 11.8 Å². The number of rotatable bonds is 9. The third kappa shape index (κ3) is 7.40. The molecule has 0 atom stereocenters. The zero-order chi connectivity index (χ0) is 19.6. The molecule has 6 nitrogen and oxygen atoms in total. The number of nitrogens with one attached hydrogen (secondary N) is 3. The van der Waals surface area contributed by atoms with Crippen LogP contribution >= 0.6 is 0 Å². The maximum absolute atomic E-state index is 12.0. The molecule has 0 unspecified atom stereocenters. The molecule has 6 heteroatoms. The zero-order valence-electron chi connectivity index (χ0n) is 16.0. The first-order chi connectivity index (χ1) is 13.0. The highest BCUT2D eigenvalue weighted by Crippen LogP contribution is 2.15. The van der Waals surface area contributed by atoms with Gasteiger partial charge in [-0.1, -0.05) is 25.1 Å². The van der Waals surface area contributed by atoms with E-state index in [0.29, 0.717) is 18.7 Å². The number of carbonyl (C=O) groups excluding carboxylic acids is 2. The van der Waals surface area contributed by atoms with Crippen molar-refractivity contribution in [1.29, 1.82) is 0 Å². The Bertz CT molecular complexity index is 758. The lowest BCUT2D eigenvalue weighted by Gasteiger charge is -2.11. The first kappa shape index (κ1) is 20.3. The average Bonchev–Trinajstić information content (AvgIpc) is 2.65. The summed E-state index contributed by atoms with van der Waals surface area (Å²) in [7, 11) is 0. The highest BCUT2D eigenvalue weighted by atomic mass is 16.5. The summed E-state index contributed by atoms with van der Waals surface area (Å²) < 4.78 is 5.60. The van der Waals surface area contributed by atoms with Crippen LogP contribution in [-0.2, 0) is 16.1 Å². The fraction of sp³-hybridized carbons (Fsp3) is 0.333. The monoisotopic (exact) mass is 369 g/mol. The van der Waals surface area contributed by atoms with Gasteiger partial charge < -0.3 is 20.7 Å². The molecule has 2 rings (SSSR count). The molecule has 2 amide bonds. The zero-order valence-corrected chi connectivity index (χ0v) is 16.0. The summed E-state index contributed by atoms with van der Waals surface area (Å²) in [5.41, 5.74) is 2.48. The molecule has 0 fully saturated rings. The molecule has 144 valence electrons. The minimum atomic E-state index is -0.111. The molecule has 3 N–H and O–H groups in total. The molecule has 0 saturated heterocycles. The molecule has 0 heterocycles. The normalized spacial score (nSPS) is 10.4. The van der Waals surface area contributed by atoms with Crippen molar-refractivity contribution in [3.8, 4) is 5.75 Å². The lowest BCUT2D eigenvalue weighted by molar-refractivity contribution is -0.119. The van der Waals surface area contributed by atoms with Gasteiger partial charge in [-0.2, -0.15) is 0 Å². The van der Waals surface area contributed by atoms with Gasteiger partial charge in [0.15, 0.2) is 0 Å². The minimum Gasteiger partial charge on any atom is -0.491 e. The van der Waals surface area contributed by atoms with Gasteiger partial charge in [0.25, 0.3) is 0 Å². The lowest BCUT2D eigenvalue weighted by atomic mass is 10.2. The molecule has 2 aromatic rings. The van der Waals surface area contributed by atoms with Gasteiger partial charge in [-0.15, -0.1) is 0 Å². The van der Waals surface area contributed by atoms with E-state index in [4.69, 9.17) is 4.74 Å². The molecule has 0 aliphatic heterocycles. The quantitative estimate of drug-likeness (QED) is 0.631. The van der Waals surface area contributed by atoms with Crippen molar-refractivity contribution >= 4 is 23.2 Å². The summed E-state index contributed by atoms with van der Waals surface area (Å²) in [6.45, 7) is 6.37. The SMILES string of the molecule is CCC(=O)Nc1cccc(NCC(=O)NCc2ccc(OC(C)C)cc2)c1. The van der Waals surface area contributed by atoms with Crippen molar-refractivity contribution < 1.29 is 14.3 Å². The lowest BCUT2D eigenvalue weighted by Crippen LogP contribution is -2.29. The summed E-state index contributed by atoms with van der Waals surface area (Å²) in [4.78, 5) is 23.5. The van der Waals surface area contributed by atoms with Crippen LogP contribution in [0.1, 0.15) is 32.8 Å². The maximum atomic E-state index is 12.0. The van der Waals surface area contributed by atoms with E-state index in [1.807, 2.05) is 56.3 Å². The highest BCUT2D eigenvalue weighted by molar-refractivity contribution is 5.91. The summed E-state index contributed by atoms with van der Waals surface area (Å²) >= 11 is 0. The molecular weight excluding hydrogens is 342 g/mol. The molecule has 0 aliphatic rings. The van der Waals surface area contributed by atoms with E-state index in [1.54, 1.807) is 13.0 Å². The first-order valence-corrected chi connectivity index (χ1v) is 9.12. The van der Waals surface area contributed by atoms with E-state index in [-0.39, 0.29) is 24.5 Å². The van der Waals surface area contributed by atoms with Crippen molar-refractivity contribution in [3.63, 3.8) is 0 Å². The fourth-order valence-electron chi connectivity index (χ4n) is 2.36. The van der Waals surface area contributed by atoms with E-state index in [2.05, 4.69) is 16.0 Å². The van der Waals surface area contributed by atoms with Crippen molar-refractivity contribution in [3.05, 3.63) is 54.1 Å². The Labute approximate surface area is 160 Å². The van der Waals surface area contributed by atoms with Crippen LogP contribution in [0.3, 0.4) is 0 Å². The van der Waals surface area contributed by atoms with Crippen LogP contribution in [0.2, 0.25) is 0 Å².